The highest BCUT2D eigenvalue weighted by Crippen LogP contribution is 2.29. The highest BCUT2D eigenvalue weighted by Gasteiger charge is 2.16. The van der Waals surface area contributed by atoms with Crippen molar-refractivity contribution in [1.29, 1.82) is 0 Å². The third-order valence-electron chi connectivity index (χ3n) is 1.52. The average molecular weight is 214 g/mol. The van der Waals surface area contributed by atoms with Crippen LogP contribution >= 0.6 is 11.8 Å². The van der Waals surface area contributed by atoms with E-state index >= 15 is 0 Å². The van der Waals surface area contributed by atoms with Crippen molar-refractivity contribution in [2.24, 2.45) is 0 Å². The fourth-order valence-electron chi connectivity index (χ4n) is 0.840. The molecule has 0 aromatic carbocycles. The van der Waals surface area contributed by atoms with Crippen molar-refractivity contribution in [3.8, 4) is 0 Å². The van der Waals surface area contributed by atoms with Crippen LogP contribution in [-0.2, 0) is 0 Å². The van der Waals surface area contributed by atoms with Gasteiger partial charge in [0.05, 0.1) is 11.5 Å². The molecule has 1 aromatic heterocycles. The number of thioether (sulfide) groups is 1. The summed E-state index contributed by atoms with van der Waals surface area (Å²) in [7, 11) is 0. The first-order chi connectivity index (χ1) is 6.65. The van der Waals surface area contributed by atoms with Crippen molar-refractivity contribution in [1.82, 2.24) is 4.98 Å². The molecule has 1 heterocycles. The minimum Gasteiger partial charge on any atom is -0.395 e. The Balaban J connectivity index is 2.90. The van der Waals surface area contributed by atoms with E-state index in [0.717, 1.165) is 0 Å². The van der Waals surface area contributed by atoms with Gasteiger partial charge in [0.1, 0.15) is 0 Å². The standard InChI is InChI=1S/C8H10N2O3S/c1-6(5-11)14-8-7(10(12)13)3-2-4-9-8/h2-4,6,11H,5H2,1H3. The van der Waals surface area contributed by atoms with Crippen LogP contribution in [0.1, 0.15) is 6.92 Å². The van der Waals surface area contributed by atoms with E-state index in [0.29, 0.717) is 5.03 Å². The summed E-state index contributed by atoms with van der Waals surface area (Å²) < 4.78 is 0. The lowest BCUT2D eigenvalue weighted by atomic mass is 10.4. The summed E-state index contributed by atoms with van der Waals surface area (Å²) in [5.74, 6) is 0. The van der Waals surface area contributed by atoms with Gasteiger partial charge in [-0.1, -0.05) is 18.7 Å². The second kappa shape index (κ2) is 4.92. The molecule has 0 aliphatic rings. The summed E-state index contributed by atoms with van der Waals surface area (Å²) in [4.78, 5) is 14.0. The lowest BCUT2D eigenvalue weighted by Crippen LogP contribution is -2.03. The highest BCUT2D eigenvalue weighted by atomic mass is 32.2. The molecule has 1 aromatic rings. The Labute approximate surface area is 85.3 Å². The van der Waals surface area contributed by atoms with Crippen LogP contribution in [0, 0.1) is 10.1 Å². The van der Waals surface area contributed by atoms with Gasteiger partial charge >= 0.3 is 5.69 Å². The molecule has 1 rings (SSSR count). The molecular weight excluding hydrogens is 204 g/mol. The fourth-order valence-corrected chi connectivity index (χ4v) is 1.68. The second-order valence-electron chi connectivity index (χ2n) is 2.70. The molecule has 0 bridgehead atoms. The Hall–Kier alpha value is -1.14. The van der Waals surface area contributed by atoms with Gasteiger partial charge in [-0.05, 0) is 6.07 Å². The molecule has 0 saturated carbocycles. The first kappa shape index (κ1) is 10.9. The number of aliphatic hydroxyl groups excluding tert-OH is 1. The Morgan fingerprint density at radius 1 is 1.79 bits per heavy atom. The predicted molar refractivity (Wildman–Crippen MR) is 53.3 cm³/mol. The number of pyridine rings is 1. The van der Waals surface area contributed by atoms with E-state index < -0.39 is 4.92 Å². The molecule has 0 aliphatic heterocycles. The number of rotatable bonds is 4. The summed E-state index contributed by atoms with van der Waals surface area (Å²) in [6.45, 7) is 1.75. The Kier molecular flexibility index (Phi) is 3.84. The minimum absolute atomic E-state index is 0.0159. The van der Waals surface area contributed by atoms with Crippen LogP contribution < -0.4 is 0 Å². The molecule has 14 heavy (non-hydrogen) atoms. The predicted octanol–water partition coefficient (Wildman–Crippen LogP) is 1.46. The number of hydrogen-bond donors (Lipinski definition) is 1. The van der Waals surface area contributed by atoms with Gasteiger partial charge in [0, 0.05) is 17.5 Å². The van der Waals surface area contributed by atoms with Crippen LogP contribution in [0.3, 0.4) is 0 Å². The topological polar surface area (TPSA) is 76.3 Å². The Bertz CT molecular complexity index is 332. The van der Waals surface area contributed by atoms with Crippen molar-refractivity contribution in [2.45, 2.75) is 17.2 Å². The van der Waals surface area contributed by atoms with Crippen LogP contribution in [-0.4, -0.2) is 26.9 Å². The molecule has 0 saturated heterocycles. The van der Waals surface area contributed by atoms with E-state index in [1.165, 1.54) is 30.1 Å². The van der Waals surface area contributed by atoms with Gasteiger partial charge in [-0.25, -0.2) is 4.98 Å². The van der Waals surface area contributed by atoms with Crippen LogP contribution in [0.15, 0.2) is 23.4 Å². The lowest BCUT2D eigenvalue weighted by molar-refractivity contribution is -0.388. The summed E-state index contributed by atoms with van der Waals surface area (Å²) in [5, 5.41) is 19.6. The highest BCUT2D eigenvalue weighted by molar-refractivity contribution is 8.00. The van der Waals surface area contributed by atoms with Gasteiger partial charge in [0.25, 0.3) is 0 Å². The largest absolute Gasteiger partial charge is 0.395 e. The van der Waals surface area contributed by atoms with Crippen LogP contribution in [0.2, 0.25) is 0 Å². The number of nitrogens with zero attached hydrogens (tertiary/aromatic N) is 2. The molecule has 1 N–H and O–H groups in total. The number of hydrogen-bond acceptors (Lipinski definition) is 5. The van der Waals surface area contributed by atoms with Crippen molar-refractivity contribution in [2.75, 3.05) is 6.61 Å². The van der Waals surface area contributed by atoms with E-state index in [1.807, 2.05) is 0 Å². The van der Waals surface area contributed by atoms with Crippen molar-refractivity contribution in [3.05, 3.63) is 28.4 Å². The molecule has 0 amide bonds. The zero-order valence-corrected chi connectivity index (χ0v) is 8.40. The Morgan fingerprint density at radius 2 is 2.50 bits per heavy atom. The second-order valence-corrected chi connectivity index (χ2v) is 4.12. The number of nitro groups is 1. The molecule has 6 heteroatoms. The molecule has 1 atom stereocenters. The smallest absolute Gasteiger partial charge is 0.301 e. The molecule has 0 radical (unpaired) electrons. The maximum absolute atomic E-state index is 10.6. The molecule has 0 spiro atoms. The van der Waals surface area contributed by atoms with E-state index in [-0.39, 0.29) is 17.5 Å². The normalized spacial score (nSPS) is 12.4. The van der Waals surface area contributed by atoms with E-state index in [9.17, 15) is 10.1 Å². The van der Waals surface area contributed by atoms with E-state index in [2.05, 4.69) is 4.98 Å². The Morgan fingerprint density at radius 3 is 3.07 bits per heavy atom. The van der Waals surface area contributed by atoms with E-state index in [4.69, 9.17) is 5.11 Å². The van der Waals surface area contributed by atoms with Gasteiger partial charge in [-0.2, -0.15) is 0 Å². The number of aliphatic hydroxyl groups is 1. The van der Waals surface area contributed by atoms with Crippen molar-refractivity contribution in [3.63, 3.8) is 0 Å². The molecule has 0 fully saturated rings. The lowest BCUT2D eigenvalue weighted by Gasteiger charge is -2.05. The first-order valence-electron chi connectivity index (χ1n) is 4.02. The maximum Gasteiger partial charge on any atom is 0.301 e. The summed E-state index contributed by atoms with van der Waals surface area (Å²) in [5.41, 5.74) is -0.0159. The van der Waals surface area contributed by atoms with Crippen LogP contribution in [0.5, 0.6) is 0 Å². The third-order valence-corrected chi connectivity index (χ3v) is 2.61. The maximum atomic E-state index is 10.6. The molecule has 76 valence electrons. The van der Waals surface area contributed by atoms with Crippen LogP contribution in [0.25, 0.3) is 0 Å². The van der Waals surface area contributed by atoms with Gasteiger partial charge in [0.2, 0.25) is 0 Å². The van der Waals surface area contributed by atoms with Crippen molar-refractivity contribution < 1.29 is 10.0 Å². The molecule has 0 aliphatic carbocycles. The molecule has 5 nitrogen and oxygen atoms in total. The SMILES string of the molecule is CC(CO)Sc1ncccc1[N+](=O)[O-]. The number of aromatic nitrogens is 1. The van der Waals surface area contributed by atoms with Gasteiger partial charge in [-0.3, -0.25) is 10.1 Å². The summed E-state index contributed by atoms with van der Waals surface area (Å²) in [6.07, 6.45) is 1.50. The fraction of sp³-hybridized carbons (Fsp3) is 0.375. The first-order valence-corrected chi connectivity index (χ1v) is 4.90. The zero-order chi connectivity index (χ0) is 10.6. The van der Waals surface area contributed by atoms with Crippen molar-refractivity contribution >= 4 is 17.4 Å². The van der Waals surface area contributed by atoms with Crippen LogP contribution in [0.4, 0.5) is 5.69 Å². The van der Waals surface area contributed by atoms with Gasteiger partial charge in [0.15, 0.2) is 5.03 Å². The summed E-state index contributed by atoms with van der Waals surface area (Å²) >= 11 is 1.20. The van der Waals surface area contributed by atoms with Gasteiger partial charge in [-0.15, -0.1) is 0 Å². The van der Waals surface area contributed by atoms with Gasteiger partial charge < -0.3 is 5.11 Å². The van der Waals surface area contributed by atoms with E-state index in [1.54, 1.807) is 6.92 Å². The zero-order valence-electron chi connectivity index (χ0n) is 7.58. The minimum atomic E-state index is -0.473. The molecule has 1 unspecified atom stereocenters. The average Bonchev–Trinajstić information content (AvgIpc) is 2.18. The summed E-state index contributed by atoms with van der Waals surface area (Å²) in [6, 6.07) is 2.92. The monoisotopic (exact) mass is 214 g/mol. The molecular formula is C8H10N2O3S. The third kappa shape index (κ3) is 2.68. The quantitative estimate of drug-likeness (QED) is 0.466.